The van der Waals surface area contributed by atoms with Crippen LogP contribution in [0, 0.1) is 20.2 Å². The highest BCUT2D eigenvalue weighted by atomic mass is 16.6. The van der Waals surface area contributed by atoms with Crippen LogP contribution in [0.2, 0.25) is 0 Å². The summed E-state index contributed by atoms with van der Waals surface area (Å²) in [5, 5.41) is 21.9. The summed E-state index contributed by atoms with van der Waals surface area (Å²) in [5.41, 5.74) is -3.34. The van der Waals surface area contributed by atoms with Gasteiger partial charge in [-0.15, -0.1) is 0 Å². The molecule has 0 aromatic heterocycles. The highest BCUT2D eigenvalue weighted by Gasteiger charge is 2.46. The van der Waals surface area contributed by atoms with Gasteiger partial charge in [0.05, 0.1) is 28.1 Å². The largest absolute Gasteiger partial charge is 0.465 e. The van der Waals surface area contributed by atoms with E-state index in [1.807, 2.05) is 0 Å². The quantitative estimate of drug-likeness (QED) is 0.339. The molecular formula is C13H14N2O7. The first-order chi connectivity index (χ1) is 10.2. The summed E-state index contributed by atoms with van der Waals surface area (Å²) in [6.07, 6.45) is 0. The second-order valence-electron chi connectivity index (χ2n) is 4.62. The second-order valence-corrected chi connectivity index (χ2v) is 4.62. The Bertz CT molecular complexity index is 656. The Kier molecular flexibility index (Phi) is 4.92. The molecule has 0 aliphatic rings. The highest BCUT2D eigenvalue weighted by molar-refractivity contribution is 6.09. The number of esters is 1. The lowest BCUT2D eigenvalue weighted by Crippen LogP contribution is -2.41. The van der Waals surface area contributed by atoms with Gasteiger partial charge in [0.2, 0.25) is 0 Å². The molecule has 1 aromatic rings. The topological polar surface area (TPSA) is 130 Å². The molecule has 9 nitrogen and oxygen atoms in total. The molecule has 0 aliphatic carbocycles. The molecule has 1 atom stereocenters. The molecule has 118 valence electrons. The van der Waals surface area contributed by atoms with Gasteiger partial charge >= 0.3 is 5.97 Å². The minimum Gasteiger partial charge on any atom is -0.465 e. The first-order valence-electron chi connectivity index (χ1n) is 6.27. The molecule has 0 heterocycles. The van der Waals surface area contributed by atoms with Crippen LogP contribution in [0.25, 0.3) is 0 Å². The van der Waals surface area contributed by atoms with Crippen molar-refractivity contribution in [2.45, 2.75) is 26.2 Å². The average Bonchev–Trinajstić information content (AvgIpc) is 2.45. The summed E-state index contributed by atoms with van der Waals surface area (Å²) in [4.78, 5) is 44.2. The molecule has 0 fully saturated rings. The van der Waals surface area contributed by atoms with Crippen LogP contribution in [-0.4, -0.2) is 28.2 Å². The first-order valence-corrected chi connectivity index (χ1v) is 6.27. The zero-order chi connectivity index (χ0) is 17.1. The number of non-ortho nitro benzene ring substituents is 1. The minimum atomic E-state index is -1.91. The maximum absolute atomic E-state index is 12.1. The van der Waals surface area contributed by atoms with Gasteiger partial charge in [-0.3, -0.25) is 29.8 Å². The van der Waals surface area contributed by atoms with E-state index in [2.05, 4.69) is 0 Å². The maximum atomic E-state index is 12.1. The van der Waals surface area contributed by atoms with Crippen LogP contribution in [0.4, 0.5) is 11.4 Å². The zero-order valence-corrected chi connectivity index (χ0v) is 12.2. The van der Waals surface area contributed by atoms with Crippen LogP contribution in [-0.2, 0) is 19.7 Å². The number of nitro benzene ring substituents is 2. The van der Waals surface area contributed by atoms with Gasteiger partial charge in [0.1, 0.15) is 0 Å². The van der Waals surface area contributed by atoms with Crippen molar-refractivity contribution >= 4 is 23.1 Å². The summed E-state index contributed by atoms with van der Waals surface area (Å²) in [6, 6.07) is 2.76. The van der Waals surface area contributed by atoms with Crippen molar-refractivity contribution < 1.29 is 24.2 Å². The highest BCUT2D eigenvalue weighted by Crippen LogP contribution is 2.36. The molecule has 0 aliphatic heterocycles. The number of hydrogen-bond acceptors (Lipinski definition) is 7. The SMILES string of the molecule is CCOC(=O)[C@@](C)(C(C)=O)c1ccc([N+](=O)[O-])cc1[N+](=O)[O-]. The van der Waals surface area contributed by atoms with Crippen LogP contribution in [0.3, 0.4) is 0 Å². The Hall–Kier alpha value is -2.84. The lowest BCUT2D eigenvalue weighted by molar-refractivity contribution is -0.394. The van der Waals surface area contributed by atoms with Gasteiger partial charge in [-0.25, -0.2) is 0 Å². The van der Waals surface area contributed by atoms with Crippen molar-refractivity contribution in [1.82, 2.24) is 0 Å². The number of nitro groups is 2. The van der Waals surface area contributed by atoms with E-state index in [1.165, 1.54) is 13.8 Å². The van der Waals surface area contributed by atoms with Crippen molar-refractivity contribution in [2.24, 2.45) is 0 Å². The molecule has 1 aromatic carbocycles. The van der Waals surface area contributed by atoms with E-state index >= 15 is 0 Å². The molecule has 9 heteroatoms. The van der Waals surface area contributed by atoms with Crippen molar-refractivity contribution in [3.63, 3.8) is 0 Å². The fraction of sp³-hybridized carbons (Fsp3) is 0.385. The van der Waals surface area contributed by atoms with Crippen LogP contribution in [0.15, 0.2) is 18.2 Å². The van der Waals surface area contributed by atoms with Gasteiger partial charge in [0.15, 0.2) is 11.2 Å². The van der Waals surface area contributed by atoms with E-state index in [0.717, 1.165) is 25.1 Å². The third kappa shape index (κ3) is 2.92. The fourth-order valence-electron chi connectivity index (χ4n) is 1.93. The Balaban J connectivity index is 3.62. The Morgan fingerprint density at radius 1 is 1.23 bits per heavy atom. The molecular weight excluding hydrogens is 296 g/mol. The second kappa shape index (κ2) is 6.29. The molecule has 0 unspecified atom stereocenters. The Labute approximate surface area is 125 Å². The molecule has 22 heavy (non-hydrogen) atoms. The van der Waals surface area contributed by atoms with E-state index in [4.69, 9.17) is 4.74 Å². The summed E-state index contributed by atoms with van der Waals surface area (Å²) in [5.74, 6) is -1.61. The van der Waals surface area contributed by atoms with Crippen molar-refractivity contribution in [3.8, 4) is 0 Å². The van der Waals surface area contributed by atoms with Gasteiger partial charge in [-0.05, 0) is 26.8 Å². The number of ketones is 1. The summed E-state index contributed by atoms with van der Waals surface area (Å²) >= 11 is 0. The smallest absolute Gasteiger partial charge is 0.324 e. The molecule has 0 saturated heterocycles. The molecule has 0 radical (unpaired) electrons. The number of Topliss-reactive ketones (excluding diaryl/α,β-unsaturated/α-hetero) is 1. The lowest BCUT2D eigenvalue weighted by atomic mass is 9.78. The molecule has 1 rings (SSSR count). The summed E-state index contributed by atoms with van der Waals surface area (Å²) in [7, 11) is 0. The van der Waals surface area contributed by atoms with Crippen LogP contribution in [0.5, 0.6) is 0 Å². The van der Waals surface area contributed by atoms with E-state index in [9.17, 15) is 29.8 Å². The van der Waals surface area contributed by atoms with Crippen molar-refractivity contribution in [2.75, 3.05) is 6.61 Å². The molecule has 0 bridgehead atoms. The van der Waals surface area contributed by atoms with E-state index in [1.54, 1.807) is 0 Å². The third-order valence-electron chi connectivity index (χ3n) is 3.32. The Morgan fingerprint density at radius 2 is 1.82 bits per heavy atom. The number of carbonyl (C=O) groups excluding carboxylic acids is 2. The van der Waals surface area contributed by atoms with Gasteiger partial charge < -0.3 is 4.74 Å². The predicted molar refractivity (Wildman–Crippen MR) is 74.4 cm³/mol. The van der Waals surface area contributed by atoms with E-state index in [-0.39, 0.29) is 12.2 Å². The van der Waals surface area contributed by atoms with Gasteiger partial charge in [0.25, 0.3) is 11.4 Å². The van der Waals surface area contributed by atoms with Crippen LogP contribution < -0.4 is 0 Å². The number of rotatable bonds is 6. The standard InChI is InChI=1S/C13H14N2O7/c1-4-22-12(17)13(3,8(2)16)10-6-5-9(14(18)19)7-11(10)15(20)21/h5-7H,4H2,1-3H3/t13-/m0/s1. The normalized spacial score (nSPS) is 13.0. The zero-order valence-electron chi connectivity index (χ0n) is 12.2. The van der Waals surface area contributed by atoms with Gasteiger partial charge in [-0.2, -0.15) is 0 Å². The van der Waals surface area contributed by atoms with E-state index in [0.29, 0.717) is 0 Å². The maximum Gasteiger partial charge on any atom is 0.324 e. The Morgan fingerprint density at radius 3 is 2.23 bits per heavy atom. The number of hydrogen-bond donors (Lipinski definition) is 0. The molecule has 0 amide bonds. The summed E-state index contributed by atoms with van der Waals surface area (Å²) < 4.78 is 4.82. The van der Waals surface area contributed by atoms with Crippen LogP contribution >= 0.6 is 0 Å². The average molecular weight is 310 g/mol. The number of nitrogens with zero attached hydrogens (tertiary/aromatic N) is 2. The number of benzene rings is 1. The monoisotopic (exact) mass is 310 g/mol. The molecule has 0 saturated carbocycles. The van der Waals surface area contributed by atoms with Crippen molar-refractivity contribution in [1.29, 1.82) is 0 Å². The predicted octanol–water partition coefficient (Wildman–Crippen LogP) is 1.91. The van der Waals surface area contributed by atoms with Gasteiger partial charge in [0, 0.05) is 6.07 Å². The number of ether oxygens (including phenoxy) is 1. The minimum absolute atomic E-state index is 0.0114. The summed E-state index contributed by atoms with van der Waals surface area (Å²) in [6.45, 7) is 3.81. The fourth-order valence-corrected chi connectivity index (χ4v) is 1.93. The van der Waals surface area contributed by atoms with Gasteiger partial charge in [-0.1, -0.05) is 0 Å². The van der Waals surface area contributed by atoms with Crippen LogP contribution in [0.1, 0.15) is 26.3 Å². The number of carbonyl (C=O) groups is 2. The lowest BCUT2D eigenvalue weighted by Gasteiger charge is -2.24. The third-order valence-corrected chi connectivity index (χ3v) is 3.32. The molecule has 0 spiro atoms. The first kappa shape index (κ1) is 17.2. The van der Waals surface area contributed by atoms with Crippen molar-refractivity contribution in [3.05, 3.63) is 44.0 Å². The van der Waals surface area contributed by atoms with E-state index < -0.39 is 38.4 Å². The molecule has 0 N–H and O–H groups in total.